The van der Waals surface area contributed by atoms with Gasteiger partial charge in [0.2, 0.25) is 0 Å². The summed E-state index contributed by atoms with van der Waals surface area (Å²) >= 11 is 1.78. The Morgan fingerprint density at radius 2 is 2.22 bits per heavy atom. The maximum absolute atomic E-state index is 6.07. The van der Waals surface area contributed by atoms with Gasteiger partial charge in [-0.15, -0.1) is 0 Å². The topological polar surface area (TPSA) is 29.3 Å². The van der Waals surface area contributed by atoms with Crippen LogP contribution in [0.3, 0.4) is 0 Å². The van der Waals surface area contributed by atoms with E-state index in [1.165, 1.54) is 23.2 Å². The van der Waals surface area contributed by atoms with E-state index < -0.39 is 0 Å². The molecule has 1 aliphatic heterocycles. The van der Waals surface area contributed by atoms with E-state index in [1.54, 1.807) is 11.3 Å². The maximum atomic E-state index is 6.07. The second-order valence-electron chi connectivity index (χ2n) is 4.82. The van der Waals surface area contributed by atoms with Crippen molar-refractivity contribution < 1.29 is 0 Å². The molecule has 1 aromatic heterocycles. The van der Waals surface area contributed by atoms with Crippen molar-refractivity contribution in [2.75, 3.05) is 23.7 Å². The van der Waals surface area contributed by atoms with Crippen molar-refractivity contribution in [1.29, 1.82) is 0 Å². The van der Waals surface area contributed by atoms with Crippen LogP contribution in [0.5, 0.6) is 0 Å². The molecule has 0 atom stereocenters. The van der Waals surface area contributed by atoms with Crippen LogP contribution in [0.2, 0.25) is 0 Å². The molecule has 2 aromatic rings. The van der Waals surface area contributed by atoms with Crippen LogP contribution in [0.1, 0.15) is 17.5 Å². The predicted molar refractivity (Wildman–Crippen MR) is 79.4 cm³/mol. The van der Waals surface area contributed by atoms with E-state index in [2.05, 4.69) is 33.9 Å². The van der Waals surface area contributed by atoms with Crippen LogP contribution in [0, 0.1) is 0 Å². The van der Waals surface area contributed by atoms with Gasteiger partial charge in [-0.05, 0) is 59.3 Å². The number of fused-ring (bicyclic) bond motifs is 1. The molecule has 94 valence electrons. The van der Waals surface area contributed by atoms with Crippen LogP contribution in [0.15, 0.2) is 35.0 Å². The summed E-state index contributed by atoms with van der Waals surface area (Å²) in [5.41, 5.74) is 11.1. The van der Waals surface area contributed by atoms with E-state index in [9.17, 15) is 0 Å². The summed E-state index contributed by atoms with van der Waals surface area (Å²) in [6.45, 7) is 2.24. The molecule has 3 rings (SSSR count). The standard InChI is InChI=1S/C15H18N2S/c16-14-4-1-5-15-13(14)3-2-8-17(15)9-6-12-7-10-18-11-12/h1,4-5,7,10-11H,2-3,6,8-9,16H2. The monoisotopic (exact) mass is 258 g/mol. The first kappa shape index (κ1) is 11.6. The van der Waals surface area contributed by atoms with Crippen molar-refractivity contribution in [3.63, 3.8) is 0 Å². The number of nitrogen functional groups attached to an aromatic ring is 1. The molecular formula is C15H18N2S. The molecular weight excluding hydrogens is 240 g/mol. The van der Waals surface area contributed by atoms with Crippen LogP contribution in [0.25, 0.3) is 0 Å². The van der Waals surface area contributed by atoms with Gasteiger partial charge >= 0.3 is 0 Å². The van der Waals surface area contributed by atoms with Crippen molar-refractivity contribution in [2.24, 2.45) is 0 Å². The number of hydrogen-bond donors (Lipinski definition) is 1. The maximum Gasteiger partial charge on any atom is 0.0419 e. The Hall–Kier alpha value is -1.48. The summed E-state index contributed by atoms with van der Waals surface area (Å²) in [4.78, 5) is 2.48. The minimum Gasteiger partial charge on any atom is -0.398 e. The molecule has 0 unspecified atom stereocenters. The highest BCUT2D eigenvalue weighted by atomic mass is 32.1. The number of thiophene rings is 1. The molecule has 18 heavy (non-hydrogen) atoms. The molecule has 2 nitrogen and oxygen atoms in total. The first-order valence-electron chi connectivity index (χ1n) is 6.48. The van der Waals surface area contributed by atoms with Gasteiger partial charge in [-0.3, -0.25) is 0 Å². The highest BCUT2D eigenvalue weighted by Gasteiger charge is 2.17. The Kier molecular flexibility index (Phi) is 3.24. The largest absolute Gasteiger partial charge is 0.398 e. The lowest BCUT2D eigenvalue weighted by molar-refractivity contribution is 0.689. The Balaban J connectivity index is 1.77. The van der Waals surface area contributed by atoms with Crippen molar-refractivity contribution in [1.82, 2.24) is 0 Å². The highest BCUT2D eigenvalue weighted by Crippen LogP contribution is 2.31. The van der Waals surface area contributed by atoms with Gasteiger partial charge in [-0.1, -0.05) is 6.07 Å². The fourth-order valence-corrected chi connectivity index (χ4v) is 3.36. The number of nitrogens with two attached hydrogens (primary N) is 1. The van der Waals surface area contributed by atoms with Gasteiger partial charge in [-0.25, -0.2) is 0 Å². The predicted octanol–water partition coefficient (Wildman–Crippen LogP) is 3.33. The van der Waals surface area contributed by atoms with Crippen molar-refractivity contribution in [3.05, 3.63) is 46.2 Å². The lowest BCUT2D eigenvalue weighted by Gasteiger charge is -2.32. The average molecular weight is 258 g/mol. The molecule has 0 aliphatic carbocycles. The van der Waals surface area contributed by atoms with Crippen molar-refractivity contribution in [2.45, 2.75) is 19.3 Å². The Labute approximate surface area is 112 Å². The van der Waals surface area contributed by atoms with Crippen LogP contribution in [0.4, 0.5) is 11.4 Å². The molecule has 2 heterocycles. The quantitative estimate of drug-likeness (QED) is 0.856. The fourth-order valence-electron chi connectivity index (χ4n) is 2.66. The summed E-state index contributed by atoms with van der Waals surface area (Å²) in [6.07, 6.45) is 3.46. The third-order valence-corrected chi connectivity index (χ3v) is 4.37. The SMILES string of the molecule is Nc1cccc2c1CCCN2CCc1ccsc1. The molecule has 1 aliphatic rings. The van der Waals surface area contributed by atoms with Gasteiger partial charge in [0.25, 0.3) is 0 Å². The summed E-state index contributed by atoms with van der Waals surface area (Å²) in [6, 6.07) is 8.51. The molecule has 0 radical (unpaired) electrons. The van der Waals surface area contributed by atoms with Gasteiger partial charge in [-0.2, -0.15) is 11.3 Å². The zero-order valence-corrected chi connectivity index (χ0v) is 11.2. The molecule has 1 aromatic carbocycles. The first-order chi connectivity index (χ1) is 8.84. The first-order valence-corrected chi connectivity index (χ1v) is 7.42. The van der Waals surface area contributed by atoms with Crippen molar-refractivity contribution in [3.8, 4) is 0 Å². The molecule has 0 amide bonds. The zero-order chi connectivity index (χ0) is 12.4. The third-order valence-electron chi connectivity index (χ3n) is 3.63. The lowest BCUT2D eigenvalue weighted by atomic mass is 9.99. The van der Waals surface area contributed by atoms with E-state index in [0.29, 0.717) is 0 Å². The normalized spacial score (nSPS) is 14.6. The second-order valence-corrected chi connectivity index (χ2v) is 5.60. The Bertz CT molecular complexity index is 519. The summed E-state index contributed by atoms with van der Waals surface area (Å²) in [5, 5.41) is 4.39. The van der Waals surface area contributed by atoms with Crippen LogP contribution in [-0.2, 0) is 12.8 Å². The van der Waals surface area contributed by atoms with Crippen LogP contribution < -0.4 is 10.6 Å². The molecule has 0 saturated carbocycles. The molecule has 0 saturated heterocycles. The summed E-state index contributed by atoms with van der Waals surface area (Å²) < 4.78 is 0. The minimum absolute atomic E-state index is 0.952. The summed E-state index contributed by atoms with van der Waals surface area (Å²) in [5.74, 6) is 0. The number of benzene rings is 1. The highest BCUT2D eigenvalue weighted by molar-refractivity contribution is 7.07. The Morgan fingerprint density at radius 3 is 3.06 bits per heavy atom. The van der Waals surface area contributed by atoms with E-state index in [4.69, 9.17) is 5.73 Å². The molecule has 0 bridgehead atoms. The van der Waals surface area contributed by atoms with Gasteiger partial charge < -0.3 is 10.6 Å². The number of anilines is 2. The average Bonchev–Trinajstić information content (AvgIpc) is 2.90. The molecule has 2 N–H and O–H groups in total. The number of hydrogen-bond acceptors (Lipinski definition) is 3. The number of rotatable bonds is 3. The van der Waals surface area contributed by atoms with Crippen LogP contribution in [-0.4, -0.2) is 13.1 Å². The van der Waals surface area contributed by atoms with E-state index in [0.717, 1.165) is 31.6 Å². The lowest BCUT2D eigenvalue weighted by Crippen LogP contribution is -2.31. The Morgan fingerprint density at radius 1 is 1.28 bits per heavy atom. The fraction of sp³-hybridized carbons (Fsp3) is 0.333. The molecule has 0 fully saturated rings. The smallest absolute Gasteiger partial charge is 0.0419 e. The van der Waals surface area contributed by atoms with E-state index in [-0.39, 0.29) is 0 Å². The second kappa shape index (κ2) is 5.02. The van der Waals surface area contributed by atoms with Gasteiger partial charge in [0, 0.05) is 24.5 Å². The third kappa shape index (κ3) is 2.23. The molecule has 0 spiro atoms. The van der Waals surface area contributed by atoms with Crippen LogP contribution >= 0.6 is 11.3 Å². The zero-order valence-electron chi connectivity index (χ0n) is 10.4. The van der Waals surface area contributed by atoms with Crippen molar-refractivity contribution >= 4 is 22.7 Å². The molecule has 3 heteroatoms. The van der Waals surface area contributed by atoms with E-state index in [1.807, 2.05) is 6.07 Å². The van der Waals surface area contributed by atoms with Gasteiger partial charge in [0.15, 0.2) is 0 Å². The van der Waals surface area contributed by atoms with Gasteiger partial charge in [0.1, 0.15) is 0 Å². The minimum atomic E-state index is 0.952. The summed E-state index contributed by atoms with van der Waals surface area (Å²) in [7, 11) is 0. The number of nitrogens with zero attached hydrogens (tertiary/aromatic N) is 1. The van der Waals surface area contributed by atoms with Gasteiger partial charge in [0.05, 0.1) is 0 Å². The van der Waals surface area contributed by atoms with E-state index >= 15 is 0 Å².